The van der Waals surface area contributed by atoms with Gasteiger partial charge in [0.05, 0.1) is 18.3 Å². The number of benzene rings is 3. The summed E-state index contributed by atoms with van der Waals surface area (Å²) < 4.78 is 5.99. The van der Waals surface area contributed by atoms with Crippen molar-refractivity contribution in [2.75, 3.05) is 37.9 Å². The Morgan fingerprint density at radius 2 is 1.54 bits per heavy atom. The molecule has 7 heteroatoms. The Bertz CT molecular complexity index is 1260. The first kappa shape index (κ1) is 23.6. The average Bonchev–Trinajstić information content (AvgIpc) is 3.26. The zero-order valence-corrected chi connectivity index (χ0v) is 20.9. The molecule has 2 amide bonds. The van der Waals surface area contributed by atoms with Crippen molar-refractivity contribution in [3.05, 3.63) is 96.1 Å². The van der Waals surface area contributed by atoms with Crippen molar-refractivity contribution in [1.29, 1.82) is 0 Å². The molecule has 3 heterocycles. The van der Waals surface area contributed by atoms with Crippen molar-refractivity contribution in [1.82, 2.24) is 15.1 Å². The van der Waals surface area contributed by atoms with E-state index in [0.29, 0.717) is 18.0 Å². The van der Waals surface area contributed by atoms with Crippen molar-refractivity contribution in [3.63, 3.8) is 0 Å². The summed E-state index contributed by atoms with van der Waals surface area (Å²) in [6, 6.07) is 27.9. The summed E-state index contributed by atoms with van der Waals surface area (Å²) in [5.41, 5.74) is 2.37. The fourth-order valence-corrected chi connectivity index (χ4v) is 5.99. The highest BCUT2D eigenvalue weighted by atomic mass is 16.5. The molecule has 0 unspecified atom stereocenters. The molecule has 6 rings (SSSR count). The second-order valence-electron chi connectivity index (χ2n) is 10.1. The van der Waals surface area contributed by atoms with Crippen molar-refractivity contribution in [3.8, 4) is 5.75 Å². The Labute approximate surface area is 217 Å². The van der Waals surface area contributed by atoms with E-state index in [1.807, 2.05) is 65.6 Å². The summed E-state index contributed by atoms with van der Waals surface area (Å²) in [4.78, 5) is 33.1. The number of rotatable bonds is 6. The first-order chi connectivity index (χ1) is 18.1. The fourth-order valence-electron chi connectivity index (χ4n) is 5.99. The Morgan fingerprint density at radius 3 is 2.30 bits per heavy atom. The molecule has 0 bridgehead atoms. The number of nitrogens with zero attached hydrogens (tertiary/aromatic N) is 3. The lowest BCUT2D eigenvalue weighted by molar-refractivity contribution is -0.125. The minimum atomic E-state index is -0.518. The van der Waals surface area contributed by atoms with E-state index in [-0.39, 0.29) is 24.6 Å². The van der Waals surface area contributed by atoms with Crippen LogP contribution in [0.1, 0.15) is 28.8 Å². The predicted octanol–water partition coefficient (Wildman–Crippen LogP) is 3.52. The van der Waals surface area contributed by atoms with Gasteiger partial charge in [-0.05, 0) is 49.1 Å². The average molecular weight is 497 g/mol. The van der Waals surface area contributed by atoms with Gasteiger partial charge in [0, 0.05) is 25.3 Å². The quantitative estimate of drug-likeness (QED) is 0.566. The number of hydrogen-bond donors (Lipinski definition) is 1. The number of likely N-dealkylation sites (tertiary alicyclic amines) is 1. The zero-order valence-electron chi connectivity index (χ0n) is 20.9. The van der Waals surface area contributed by atoms with Crippen LogP contribution in [0.25, 0.3) is 0 Å². The van der Waals surface area contributed by atoms with Crippen LogP contribution in [0.2, 0.25) is 0 Å². The van der Waals surface area contributed by atoms with Crippen LogP contribution in [-0.2, 0) is 11.2 Å². The zero-order chi connectivity index (χ0) is 25.2. The molecule has 2 fully saturated rings. The Hall–Kier alpha value is -3.84. The Balaban J connectivity index is 1.20. The summed E-state index contributed by atoms with van der Waals surface area (Å²) in [5, 5.41) is 3.08. The third-order valence-corrected chi connectivity index (χ3v) is 8.05. The molecule has 190 valence electrons. The van der Waals surface area contributed by atoms with Crippen LogP contribution < -0.4 is 15.0 Å². The van der Waals surface area contributed by atoms with E-state index in [0.717, 1.165) is 44.6 Å². The van der Waals surface area contributed by atoms with Gasteiger partial charge in [-0.3, -0.25) is 9.59 Å². The normalized spacial score (nSPS) is 19.9. The molecule has 1 atom stereocenters. The summed E-state index contributed by atoms with van der Waals surface area (Å²) in [7, 11) is 0. The van der Waals surface area contributed by atoms with Crippen molar-refractivity contribution in [2.45, 2.75) is 30.8 Å². The molecule has 2 saturated heterocycles. The smallest absolute Gasteiger partial charge is 0.260 e. The lowest BCUT2D eigenvalue weighted by Gasteiger charge is -2.45. The number of hydrogen-bond acceptors (Lipinski definition) is 5. The minimum absolute atomic E-state index is 0.0154. The number of amides is 2. The molecular formula is C30H32N4O3. The summed E-state index contributed by atoms with van der Waals surface area (Å²) in [6.07, 6.45) is 2.24. The molecule has 0 saturated carbocycles. The van der Waals surface area contributed by atoms with Gasteiger partial charge in [-0.1, -0.05) is 60.7 Å². The van der Waals surface area contributed by atoms with Gasteiger partial charge < -0.3 is 24.8 Å². The van der Waals surface area contributed by atoms with E-state index in [1.165, 1.54) is 5.56 Å². The highest BCUT2D eigenvalue weighted by molar-refractivity contribution is 5.98. The highest BCUT2D eigenvalue weighted by Gasteiger charge is 2.50. The van der Waals surface area contributed by atoms with Gasteiger partial charge in [0.25, 0.3) is 5.91 Å². The third-order valence-electron chi connectivity index (χ3n) is 8.05. The van der Waals surface area contributed by atoms with Crippen LogP contribution >= 0.6 is 0 Å². The Morgan fingerprint density at radius 1 is 0.865 bits per heavy atom. The standard InChI is InChI=1S/C30H32N4O3/c35-28-26-13-7-8-14-27(26)37-22-33(28)25(19-23-9-3-1-4-10-23)20-32-17-15-30(16-18-32)29(36)31-21-34(30)24-11-5-2-6-12-24/h1-14,25H,15-22H2,(H,31,36)/t25-/m1/s1. The van der Waals surface area contributed by atoms with Crippen LogP contribution in [0.15, 0.2) is 84.9 Å². The third kappa shape index (κ3) is 4.44. The number of nitrogens with one attached hydrogen (secondary N) is 1. The van der Waals surface area contributed by atoms with E-state index in [4.69, 9.17) is 4.74 Å². The molecule has 3 aliphatic rings. The minimum Gasteiger partial charge on any atom is -0.472 e. The Kier molecular flexibility index (Phi) is 6.30. The second kappa shape index (κ2) is 9.90. The highest BCUT2D eigenvalue weighted by Crippen LogP contribution is 2.36. The van der Waals surface area contributed by atoms with Gasteiger partial charge in [-0.25, -0.2) is 0 Å². The summed E-state index contributed by atoms with van der Waals surface area (Å²) in [5.74, 6) is 0.783. The molecule has 3 aromatic rings. The van der Waals surface area contributed by atoms with Crippen LogP contribution in [-0.4, -0.2) is 66.2 Å². The lowest BCUT2D eigenvalue weighted by atomic mass is 9.85. The maximum Gasteiger partial charge on any atom is 0.260 e. The fraction of sp³-hybridized carbons (Fsp3) is 0.333. The second-order valence-corrected chi connectivity index (χ2v) is 10.1. The van der Waals surface area contributed by atoms with Crippen LogP contribution in [0, 0.1) is 0 Å². The maximum atomic E-state index is 13.5. The number of anilines is 1. The van der Waals surface area contributed by atoms with Gasteiger partial charge in [0.2, 0.25) is 5.91 Å². The molecule has 3 aromatic carbocycles. The van der Waals surface area contributed by atoms with Crippen molar-refractivity contribution < 1.29 is 14.3 Å². The number of para-hydroxylation sites is 2. The van der Waals surface area contributed by atoms with Crippen molar-refractivity contribution in [2.24, 2.45) is 0 Å². The van der Waals surface area contributed by atoms with Gasteiger partial charge >= 0.3 is 0 Å². The number of carbonyl (C=O) groups excluding carboxylic acids is 2. The number of ether oxygens (including phenoxy) is 1. The van der Waals surface area contributed by atoms with Gasteiger partial charge in [-0.15, -0.1) is 0 Å². The van der Waals surface area contributed by atoms with E-state index < -0.39 is 5.54 Å². The molecule has 7 nitrogen and oxygen atoms in total. The number of fused-ring (bicyclic) bond motifs is 1. The van der Waals surface area contributed by atoms with Crippen LogP contribution in [0.4, 0.5) is 5.69 Å². The summed E-state index contributed by atoms with van der Waals surface area (Å²) in [6.45, 7) is 3.10. The van der Waals surface area contributed by atoms with E-state index in [2.05, 4.69) is 39.4 Å². The molecule has 0 radical (unpaired) electrons. The molecule has 0 aromatic heterocycles. The molecular weight excluding hydrogens is 464 g/mol. The van der Waals surface area contributed by atoms with Gasteiger partial charge in [-0.2, -0.15) is 0 Å². The number of piperidine rings is 1. The van der Waals surface area contributed by atoms with Gasteiger partial charge in [0.1, 0.15) is 11.3 Å². The van der Waals surface area contributed by atoms with Gasteiger partial charge in [0.15, 0.2) is 6.73 Å². The van der Waals surface area contributed by atoms with Crippen LogP contribution in [0.5, 0.6) is 5.75 Å². The lowest BCUT2D eigenvalue weighted by Crippen LogP contribution is -2.58. The predicted molar refractivity (Wildman–Crippen MR) is 142 cm³/mol. The van der Waals surface area contributed by atoms with Crippen molar-refractivity contribution >= 4 is 17.5 Å². The SMILES string of the molecule is O=C1c2ccccc2OCN1[C@H](Cc1ccccc1)CN1CCC2(CC1)C(=O)NCN2c1ccccc1. The molecule has 1 N–H and O–H groups in total. The number of carbonyl (C=O) groups is 2. The molecule has 37 heavy (non-hydrogen) atoms. The van der Waals surface area contributed by atoms with Crippen LogP contribution in [0.3, 0.4) is 0 Å². The largest absolute Gasteiger partial charge is 0.472 e. The summed E-state index contributed by atoms with van der Waals surface area (Å²) >= 11 is 0. The van der Waals surface area contributed by atoms with E-state index in [9.17, 15) is 9.59 Å². The first-order valence-electron chi connectivity index (χ1n) is 13.0. The topological polar surface area (TPSA) is 65.1 Å². The molecule has 0 aliphatic carbocycles. The van der Waals surface area contributed by atoms with E-state index >= 15 is 0 Å². The molecule has 1 spiro atoms. The monoisotopic (exact) mass is 496 g/mol. The molecule has 3 aliphatic heterocycles. The first-order valence-corrected chi connectivity index (χ1v) is 13.0. The van der Waals surface area contributed by atoms with E-state index in [1.54, 1.807) is 0 Å². The maximum absolute atomic E-state index is 13.5.